The van der Waals surface area contributed by atoms with Crippen LogP contribution in [0.25, 0.3) is 0 Å². The van der Waals surface area contributed by atoms with Gasteiger partial charge in [-0.3, -0.25) is 20.0 Å². The van der Waals surface area contributed by atoms with E-state index < -0.39 is 0 Å². The second kappa shape index (κ2) is 16.8. The van der Waals surface area contributed by atoms with Crippen molar-refractivity contribution in [1.29, 1.82) is 5.26 Å². The van der Waals surface area contributed by atoms with Crippen LogP contribution in [0, 0.1) is 10.7 Å². The van der Waals surface area contributed by atoms with Crippen molar-refractivity contribution in [3.05, 3.63) is 119 Å². The number of isothiocyanates is 1. The zero-order valence-electron chi connectivity index (χ0n) is 27.5. The molecule has 240 valence electrons. The lowest BCUT2D eigenvalue weighted by molar-refractivity contribution is 0.680. The Morgan fingerprint density at radius 1 is 0.667 bits per heavy atom. The highest BCUT2D eigenvalue weighted by atomic mass is 32.2. The molecule has 1 aliphatic rings. The summed E-state index contributed by atoms with van der Waals surface area (Å²) in [5.74, 6) is 0. The van der Waals surface area contributed by atoms with Crippen molar-refractivity contribution in [3.63, 3.8) is 0 Å². The fourth-order valence-electron chi connectivity index (χ4n) is 5.35. The van der Waals surface area contributed by atoms with Gasteiger partial charge in [0.25, 0.3) is 0 Å². The second-order valence-corrected chi connectivity index (χ2v) is 12.6. The third-order valence-electron chi connectivity index (χ3n) is 7.95. The van der Waals surface area contributed by atoms with Crippen LogP contribution >= 0.6 is 24.0 Å². The highest BCUT2D eigenvalue weighted by Crippen LogP contribution is 2.19. The molecule has 2 unspecified atom stereocenters. The van der Waals surface area contributed by atoms with E-state index >= 15 is 0 Å². The standard InChI is InChI=1S/C38H36N8S2/c1-25-35-7-6-10-38(46-35)28(4)44-33(20-30-13-17-34(18-14-30)48-23-39)22-41-26(2)36-8-5-9-37(45-36)27(3)43-32(21-40-25)19-29-11-15-31(16-12-29)42-24-47/h5-18,32-33H,19-22H2,1-4H3. The molecule has 1 aliphatic heterocycles. The van der Waals surface area contributed by atoms with Crippen LogP contribution in [0.15, 0.2) is 115 Å². The number of fused-ring (bicyclic) bond motifs is 4. The Bertz CT molecular complexity index is 1970. The van der Waals surface area contributed by atoms with Crippen LogP contribution in [0.2, 0.25) is 0 Å². The number of hydrogen-bond acceptors (Lipinski definition) is 10. The molecule has 0 saturated carbocycles. The van der Waals surface area contributed by atoms with Gasteiger partial charge >= 0.3 is 0 Å². The minimum Gasteiger partial charge on any atom is -0.286 e. The SMILES string of the molecule is CC1=NCC(Cc2ccc(SC#N)cc2)N=C(C)c2cccc(n2)C(C)=NCC(Cc2ccc(N=C=S)cc2)N=C(C)c2cccc1n2. The molecule has 0 N–H and O–H groups in total. The van der Waals surface area contributed by atoms with Crippen LogP contribution in [0.1, 0.15) is 61.6 Å². The van der Waals surface area contributed by atoms with Gasteiger partial charge in [0.15, 0.2) is 0 Å². The van der Waals surface area contributed by atoms with Crippen molar-refractivity contribution < 1.29 is 0 Å². The molecule has 0 spiro atoms. The molecule has 0 radical (unpaired) electrons. The molecular weight excluding hydrogens is 633 g/mol. The summed E-state index contributed by atoms with van der Waals surface area (Å²) in [4.78, 5) is 35.1. The van der Waals surface area contributed by atoms with Gasteiger partial charge in [-0.25, -0.2) is 9.97 Å². The fourth-order valence-corrected chi connectivity index (χ4v) is 5.84. The number of thiocyanates is 1. The highest BCUT2D eigenvalue weighted by molar-refractivity contribution is 8.03. The van der Waals surface area contributed by atoms with E-state index in [1.54, 1.807) is 0 Å². The lowest BCUT2D eigenvalue weighted by Gasteiger charge is -2.15. The zero-order valence-corrected chi connectivity index (χ0v) is 29.1. The number of benzene rings is 2. The van der Waals surface area contributed by atoms with Crippen molar-refractivity contribution in [2.24, 2.45) is 25.0 Å². The molecule has 2 aromatic heterocycles. The zero-order chi connectivity index (χ0) is 33.9. The van der Waals surface area contributed by atoms with E-state index in [-0.39, 0.29) is 12.1 Å². The van der Waals surface area contributed by atoms with Gasteiger partial charge in [-0.2, -0.15) is 10.3 Å². The van der Waals surface area contributed by atoms with Gasteiger partial charge in [-0.15, -0.1) is 0 Å². The van der Waals surface area contributed by atoms with Crippen LogP contribution in [-0.4, -0.2) is 63.1 Å². The Kier molecular flexibility index (Phi) is 12.0. The van der Waals surface area contributed by atoms with Crippen LogP contribution in [0.4, 0.5) is 5.69 Å². The van der Waals surface area contributed by atoms with Crippen LogP contribution in [0.3, 0.4) is 0 Å². The normalized spacial score (nSPS) is 16.9. The lowest BCUT2D eigenvalue weighted by atomic mass is 10.1. The first-order valence-electron chi connectivity index (χ1n) is 15.7. The number of thiocarbonyl (C=S) groups is 1. The smallest absolute Gasteiger partial charge is 0.138 e. The second-order valence-electron chi connectivity index (χ2n) is 11.5. The summed E-state index contributed by atoms with van der Waals surface area (Å²) in [6.45, 7) is 8.93. The quantitative estimate of drug-likeness (QED) is 0.0896. The molecule has 8 nitrogen and oxygen atoms in total. The summed E-state index contributed by atoms with van der Waals surface area (Å²) in [5, 5.41) is 13.6. The number of pyridine rings is 2. The predicted octanol–water partition coefficient (Wildman–Crippen LogP) is 7.96. The molecular formula is C38H36N8S2. The maximum absolute atomic E-state index is 9.03. The minimum absolute atomic E-state index is 0.126. The number of aromatic nitrogens is 2. The molecule has 4 aromatic rings. The van der Waals surface area contributed by atoms with E-state index in [2.05, 4.69) is 27.7 Å². The Labute approximate surface area is 291 Å². The molecule has 3 heterocycles. The maximum atomic E-state index is 9.03. The first-order valence-corrected chi connectivity index (χ1v) is 16.9. The monoisotopic (exact) mass is 668 g/mol. The first-order chi connectivity index (χ1) is 23.3. The van der Waals surface area contributed by atoms with Gasteiger partial charge in [0.05, 0.1) is 81.6 Å². The number of nitriles is 1. The van der Waals surface area contributed by atoms with Crippen molar-refractivity contribution in [2.45, 2.75) is 57.5 Å². The minimum atomic E-state index is -0.129. The molecule has 2 aromatic carbocycles. The van der Waals surface area contributed by atoms with E-state index in [0.717, 1.165) is 79.1 Å². The average Bonchev–Trinajstić information content (AvgIpc) is 3.10. The summed E-state index contributed by atoms with van der Waals surface area (Å²) < 4.78 is 0. The average molecular weight is 669 g/mol. The van der Waals surface area contributed by atoms with E-state index in [0.29, 0.717) is 25.9 Å². The molecule has 0 saturated heterocycles. The first kappa shape index (κ1) is 34.4. The van der Waals surface area contributed by atoms with E-state index in [1.165, 1.54) is 0 Å². The predicted molar refractivity (Wildman–Crippen MR) is 201 cm³/mol. The molecule has 48 heavy (non-hydrogen) atoms. The fraction of sp³-hybridized carbons (Fsp3) is 0.263. The van der Waals surface area contributed by atoms with Crippen LogP contribution in [-0.2, 0) is 12.8 Å². The third kappa shape index (κ3) is 9.55. The Morgan fingerprint density at radius 2 is 1.10 bits per heavy atom. The molecule has 0 aliphatic carbocycles. The van der Waals surface area contributed by atoms with Gasteiger partial charge in [0.2, 0.25) is 0 Å². The summed E-state index contributed by atoms with van der Waals surface area (Å²) in [6, 6.07) is 27.7. The number of hydrogen-bond donors (Lipinski definition) is 0. The lowest BCUT2D eigenvalue weighted by Crippen LogP contribution is -2.19. The van der Waals surface area contributed by atoms with Gasteiger partial charge < -0.3 is 0 Å². The summed E-state index contributed by atoms with van der Waals surface area (Å²) in [5.41, 5.74) is 9.56. The van der Waals surface area contributed by atoms with Gasteiger partial charge in [-0.05, 0) is 124 Å². The molecule has 0 amide bonds. The highest BCUT2D eigenvalue weighted by Gasteiger charge is 2.15. The number of thioether (sulfide) groups is 1. The van der Waals surface area contributed by atoms with E-state index in [9.17, 15) is 0 Å². The topological polar surface area (TPSA) is 111 Å². The van der Waals surface area contributed by atoms with Gasteiger partial charge in [0, 0.05) is 4.90 Å². The Hall–Kier alpha value is -4.94. The van der Waals surface area contributed by atoms with E-state index in [1.807, 2.05) is 100 Å². The number of nitrogens with zero attached hydrogens (tertiary/aromatic N) is 8. The Morgan fingerprint density at radius 3 is 1.54 bits per heavy atom. The summed E-state index contributed by atoms with van der Waals surface area (Å²) in [6.07, 6.45) is 1.38. The molecule has 5 rings (SSSR count). The molecule has 4 bridgehead atoms. The number of aliphatic imine (C=N–C) groups is 5. The van der Waals surface area contributed by atoms with Crippen LogP contribution in [0.5, 0.6) is 0 Å². The van der Waals surface area contributed by atoms with Gasteiger partial charge in [-0.1, -0.05) is 36.4 Å². The maximum Gasteiger partial charge on any atom is 0.138 e. The van der Waals surface area contributed by atoms with Crippen molar-refractivity contribution in [1.82, 2.24) is 9.97 Å². The summed E-state index contributed by atoms with van der Waals surface area (Å²) in [7, 11) is 0. The van der Waals surface area contributed by atoms with Crippen molar-refractivity contribution >= 4 is 57.7 Å². The summed E-state index contributed by atoms with van der Waals surface area (Å²) >= 11 is 5.91. The largest absolute Gasteiger partial charge is 0.286 e. The molecule has 2 atom stereocenters. The third-order valence-corrected chi connectivity index (χ3v) is 8.64. The van der Waals surface area contributed by atoms with Crippen LogP contribution < -0.4 is 0 Å². The van der Waals surface area contributed by atoms with Gasteiger partial charge in [0.1, 0.15) is 5.40 Å². The molecule has 10 heteroatoms. The van der Waals surface area contributed by atoms with E-state index in [4.69, 9.17) is 47.4 Å². The molecule has 0 fully saturated rings. The van der Waals surface area contributed by atoms with Crippen molar-refractivity contribution in [2.75, 3.05) is 13.1 Å². The Balaban J connectivity index is 1.52. The number of rotatable bonds is 6. The van der Waals surface area contributed by atoms with Crippen molar-refractivity contribution in [3.8, 4) is 5.40 Å².